The third-order valence-corrected chi connectivity index (χ3v) is 2.76. The van der Waals surface area contributed by atoms with Crippen LogP contribution in [0.5, 0.6) is 0 Å². The summed E-state index contributed by atoms with van der Waals surface area (Å²) in [5.41, 5.74) is 1.32. The Labute approximate surface area is 79.3 Å². The lowest BCUT2D eigenvalue weighted by molar-refractivity contribution is 0.216. The zero-order valence-electron chi connectivity index (χ0n) is 8.24. The van der Waals surface area contributed by atoms with E-state index in [1.165, 1.54) is 38.0 Å². The maximum absolute atomic E-state index is 4.17. The van der Waals surface area contributed by atoms with Gasteiger partial charge in [0.05, 0.1) is 5.69 Å². The van der Waals surface area contributed by atoms with Gasteiger partial charge in [0.1, 0.15) is 0 Å². The smallest absolute Gasteiger partial charge is 0.0521 e. The first-order valence-corrected chi connectivity index (χ1v) is 5.05. The number of hydrogen-bond donors (Lipinski definition) is 0. The van der Waals surface area contributed by atoms with E-state index in [2.05, 4.69) is 16.1 Å². The highest BCUT2D eigenvalue weighted by Gasteiger charge is 2.11. The molecule has 0 atom stereocenters. The van der Waals surface area contributed by atoms with Crippen molar-refractivity contribution in [1.29, 1.82) is 0 Å². The Morgan fingerprint density at radius 2 is 2.08 bits per heavy atom. The lowest BCUT2D eigenvalue weighted by atomic mass is 10.1. The van der Waals surface area contributed by atoms with E-state index in [4.69, 9.17) is 0 Å². The summed E-state index contributed by atoms with van der Waals surface area (Å²) in [5.74, 6) is 0. The Morgan fingerprint density at radius 1 is 1.31 bits per heavy atom. The van der Waals surface area contributed by atoms with E-state index in [1.807, 2.05) is 17.9 Å². The van der Waals surface area contributed by atoms with Crippen LogP contribution in [0.1, 0.15) is 25.0 Å². The lowest BCUT2D eigenvalue weighted by Gasteiger charge is -2.26. The standard InChI is InChI=1S/C10H17N3/c1-12-10(5-6-11-12)9-13-7-3-2-4-8-13/h5-6H,2-4,7-9H2,1H3. The van der Waals surface area contributed by atoms with Crippen molar-refractivity contribution in [3.05, 3.63) is 18.0 Å². The first kappa shape index (κ1) is 8.75. The van der Waals surface area contributed by atoms with E-state index in [-0.39, 0.29) is 0 Å². The van der Waals surface area contributed by atoms with Gasteiger partial charge in [0.2, 0.25) is 0 Å². The summed E-state index contributed by atoms with van der Waals surface area (Å²) in [6.45, 7) is 3.58. The van der Waals surface area contributed by atoms with E-state index in [9.17, 15) is 0 Å². The van der Waals surface area contributed by atoms with Gasteiger partial charge >= 0.3 is 0 Å². The minimum absolute atomic E-state index is 1.07. The van der Waals surface area contributed by atoms with Gasteiger partial charge in [0.25, 0.3) is 0 Å². The van der Waals surface area contributed by atoms with Crippen LogP contribution in [-0.2, 0) is 13.6 Å². The average molecular weight is 179 g/mol. The number of rotatable bonds is 2. The molecule has 3 nitrogen and oxygen atoms in total. The molecule has 0 amide bonds. The maximum atomic E-state index is 4.17. The molecule has 3 heteroatoms. The zero-order valence-corrected chi connectivity index (χ0v) is 8.24. The molecule has 1 saturated heterocycles. The van der Waals surface area contributed by atoms with Gasteiger partial charge in [-0.15, -0.1) is 0 Å². The number of aryl methyl sites for hydroxylation is 1. The van der Waals surface area contributed by atoms with Crippen molar-refractivity contribution in [1.82, 2.24) is 14.7 Å². The zero-order chi connectivity index (χ0) is 9.10. The second-order valence-corrected chi connectivity index (χ2v) is 3.78. The fraction of sp³-hybridized carbons (Fsp3) is 0.700. The Balaban J connectivity index is 1.93. The van der Waals surface area contributed by atoms with E-state index < -0.39 is 0 Å². The molecule has 72 valence electrons. The average Bonchev–Trinajstić information content (AvgIpc) is 2.54. The van der Waals surface area contributed by atoms with Gasteiger partial charge < -0.3 is 0 Å². The summed E-state index contributed by atoms with van der Waals surface area (Å²) in [7, 11) is 2.01. The summed E-state index contributed by atoms with van der Waals surface area (Å²) in [4.78, 5) is 2.51. The van der Waals surface area contributed by atoms with Gasteiger partial charge in [-0.1, -0.05) is 6.42 Å². The Kier molecular flexibility index (Phi) is 2.64. The maximum Gasteiger partial charge on any atom is 0.0521 e. The van der Waals surface area contributed by atoms with Crippen LogP contribution in [0.3, 0.4) is 0 Å². The van der Waals surface area contributed by atoms with E-state index in [0.29, 0.717) is 0 Å². The number of nitrogens with zero attached hydrogens (tertiary/aromatic N) is 3. The van der Waals surface area contributed by atoms with Crippen molar-refractivity contribution in [2.24, 2.45) is 7.05 Å². The molecule has 0 N–H and O–H groups in total. The van der Waals surface area contributed by atoms with Gasteiger partial charge in [-0.25, -0.2) is 0 Å². The van der Waals surface area contributed by atoms with Crippen molar-refractivity contribution >= 4 is 0 Å². The summed E-state index contributed by atoms with van der Waals surface area (Å²) in [6, 6.07) is 2.11. The van der Waals surface area contributed by atoms with Crippen LogP contribution in [0.25, 0.3) is 0 Å². The van der Waals surface area contributed by atoms with Crippen molar-refractivity contribution in [2.45, 2.75) is 25.8 Å². The fourth-order valence-electron chi connectivity index (χ4n) is 1.90. The molecule has 1 aromatic rings. The topological polar surface area (TPSA) is 21.1 Å². The monoisotopic (exact) mass is 179 g/mol. The van der Waals surface area contributed by atoms with Crippen LogP contribution < -0.4 is 0 Å². The largest absolute Gasteiger partial charge is 0.298 e. The van der Waals surface area contributed by atoms with Crippen LogP contribution in [0.15, 0.2) is 12.3 Å². The molecule has 0 unspecified atom stereocenters. The Hall–Kier alpha value is -0.830. The third-order valence-electron chi connectivity index (χ3n) is 2.76. The quantitative estimate of drug-likeness (QED) is 0.684. The van der Waals surface area contributed by atoms with E-state index in [0.717, 1.165) is 6.54 Å². The molecule has 0 aliphatic carbocycles. The molecule has 2 rings (SSSR count). The number of hydrogen-bond acceptors (Lipinski definition) is 2. The predicted molar refractivity (Wildman–Crippen MR) is 52.3 cm³/mol. The summed E-state index contributed by atoms with van der Waals surface area (Å²) in [5, 5.41) is 4.17. The van der Waals surface area contributed by atoms with Crippen molar-refractivity contribution < 1.29 is 0 Å². The minimum atomic E-state index is 1.07. The molecular weight excluding hydrogens is 162 g/mol. The van der Waals surface area contributed by atoms with Crippen molar-refractivity contribution in [3.8, 4) is 0 Å². The SMILES string of the molecule is Cn1nccc1CN1CCCCC1. The minimum Gasteiger partial charge on any atom is -0.298 e. The normalized spacial score (nSPS) is 19.2. The van der Waals surface area contributed by atoms with Crippen molar-refractivity contribution in [2.75, 3.05) is 13.1 Å². The van der Waals surface area contributed by atoms with Crippen LogP contribution in [-0.4, -0.2) is 27.8 Å². The Morgan fingerprint density at radius 3 is 2.69 bits per heavy atom. The highest BCUT2D eigenvalue weighted by molar-refractivity contribution is 4.99. The van der Waals surface area contributed by atoms with Gasteiger partial charge in [-0.2, -0.15) is 5.10 Å². The van der Waals surface area contributed by atoms with Gasteiger partial charge in [-0.3, -0.25) is 9.58 Å². The summed E-state index contributed by atoms with van der Waals surface area (Å²) in [6.07, 6.45) is 6.00. The number of aromatic nitrogens is 2. The Bertz CT molecular complexity index is 261. The van der Waals surface area contributed by atoms with Crippen LogP contribution >= 0.6 is 0 Å². The third kappa shape index (κ3) is 2.10. The van der Waals surface area contributed by atoms with Gasteiger partial charge in [-0.05, 0) is 32.0 Å². The first-order chi connectivity index (χ1) is 6.36. The van der Waals surface area contributed by atoms with E-state index >= 15 is 0 Å². The molecule has 1 fully saturated rings. The predicted octanol–water partition coefficient (Wildman–Crippen LogP) is 1.41. The molecule has 1 aromatic heterocycles. The van der Waals surface area contributed by atoms with Gasteiger partial charge in [0.15, 0.2) is 0 Å². The lowest BCUT2D eigenvalue weighted by Crippen LogP contribution is -2.29. The number of likely N-dealkylation sites (tertiary alicyclic amines) is 1. The van der Waals surface area contributed by atoms with Crippen LogP contribution in [0.4, 0.5) is 0 Å². The van der Waals surface area contributed by atoms with Gasteiger partial charge in [0, 0.05) is 19.8 Å². The molecule has 0 aromatic carbocycles. The summed E-state index contributed by atoms with van der Waals surface area (Å²) < 4.78 is 1.97. The van der Waals surface area contributed by atoms with E-state index in [1.54, 1.807) is 0 Å². The fourth-order valence-corrected chi connectivity index (χ4v) is 1.90. The molecule has 0 radical (unpaired) electrons. The highest BCUT2D eigenvalue weighted by atomic mass is 15.3. The molecule has 0 bridgehead atoms. The molecular formula is C10H17N3. The number of piperidine rings is 1. The molecule has 1 aliphatic rings. The molecule has 1 aliphatic heterocycles. The molecule has 0 spiro atoms. The highest BCUT2D eigenvalue weighted by Crippen LogP contribution is 2.11. The summed E-state index contributed by atoms with van der Waals surface area (Å²) >= 11 is 0. The second-order valence-electron chi connectivity index (χ2n) is 3.78. The molecule has 0 saturated carbocycles. The second kappa shape index (κ2) is 3.92. The first-order valence-electron chi connectivity index (χ1n) is 5.05. The molecule has 13 heavy (non-hydrogen) atoms. The molecule has 2 heterocycles. The van der Waals surface area contributed by atoms with Crippen molar-refractivity contribution in [3.63, 3.8) is 0 Å². The van der Waals surface area contributed by atoms with Crippen LogP contribution in [0, 0.1) is 0 Å². The van der Waals surface area contributed by atoms with Crippen LogP contribution in [0.2, 0.25) is 0 Å².